The molecule has 20 heavy (non-hydrogen) atoms. The first-order valence-corrected chi connectivity index (χ1v) is 7.71. The Morgan fingerprint density at radius 2 is 2.05 bits per heavy atom. The Hall–Kier alpha value is -0.610. The van der Waals surface area contributed by atoms with Gasteiger partial charge < -0.3 is 15.8 Å². The third-order valence-corrected chi connectivity index (χ3v) is 5.88. The van der Waals surface area contributed by atoms with Gasteiger partial charge in [0.1, 0.15) is 5.54 Å². The number of ether oxygens (including phenoxy) is 1. The lowest BCUT2D eigenvalue weighted by atomic mass is 9.48. The van der Waals surface area contributed by atoms with Gasteiger partial charge in [-0.15, -0.1) is 0 Å². The maximum Gasteiger partial charge on any atom is 0.241 e. The van der Waals surface area contributed by atoms with E-state index in [0.29, 0.717) is 12.5 Å². The molecule has 0 spiro atoms. The van der Waals surface area contributed by atoms with E-state index in [1.165, 1.54) is 0 Å². The van der Waals surface area contributed by atoms with Gasteiger partial charge in [0.2, 0.25) is 5.91 Å². The highest BCUT2D eigenvalue weighted by Gasteiger charge is 2.71. The lowest BCUT2D eigenvalue weighted by molar-refractivity contribution is -0.175. The van der Waals surface area contributed by atoms with E-state index >= 15 is 0 Å². The highest BCUT2D eigenvalue weighted by Crippen LogP contribution is 2.58. The Morgan fingerprint density at radius 3 is 2.60 bits per heavy atom. The number of carbonyl (C=O) groups excluding carboxylic acids is 1. The van der Waals surface area contributed by atoms with Crippen LogP contribution in [0.4, 0.5) is 0 Å². The van der Waals surface area contributed by atoms with Gasteiger partial charge in [0.15, 0.2) is 0 Å². The molecular weight excluding hydrogens is 252 g/mol. The summed E-state index contributed by atoms with van der Waals surface area (Å²) in [4.78, 5) is 12.6. The summed E-state index contributed by atoms with van der Waals surface area (Å²) in [5, 5.41) is 3.08. The molecule has 116 valence electrons. The minimum Gasteiger partial charge on any atom is -0.377 e. The second-order valence-electron chi connectivity index (χ2n) is 8.25. The van der Waals surface area contributed by atoms with Crippen molar-refractivity contribution in [3.8, 4) is 0 Å². The molecule has 4 heteroatoms. The minimum atomic E-state index is -0.786. The minimum absolute atomic E-state index is 0.00894. The Morgan fingerprint density at radius 1 is 1.45 bits per heavy atom. The van der Waals surface area contributed by atoms with Crippen molar-refractivity contribution in [3.63, 3.8) is 0 Å². The van der Waals surface area contributed by atoms with Crippen molar-refractivity contribution in [3.05, 3.63) is 0 Å². The molecule has 1 amide bonds. The molecule has 1 aliphatic carbocycles. The first kappa shape index (κ1) is 15.8. The normalized spacial score (nSPS) is 37.0. The van der Waals surface area contributed by atoms with Gasteiger partial charge in [0.25, 0.3) is 0 Å². The molecule has 3 N–H and O–H groups in total. The molecule has 0 aromatic carbocycles. The first-order valence-electron chi connectivity index (χ1n) is 7.71. The molecule has 1 saturated heterocycles. The van der Waals surface area contributed by atoms with Crippen LogP contribution in [0.5, 0.6) is 0 Å². The molecule has 1 aliphatic heterocycles. The van der Waals surface area contributed by atoms with Gasteiger partial charge in [-0.05, 0) is 17.8 Å². The van der Waals surface area contributed by atoms with E-state index in [0.717, 1.165) is 13.0 Å². The predicted octanol–water partition coefficient (Wildman–Crippen LogP) is 1.93. The van der Waals surface area contributed by atoms with Crippen molar-refractivity contribution >= 4 is 5.91 Å². The van der Waals surface area contributed by atoms with Gasteiger partial charge in [0, 0.05) is 24.5 Å². The van der Waals surface area contributed by atoms with Crippen LogP contribution >= 0.6 is 0 Å². The number of nitrogens with one attached hydrogen (secondary N) is 1. The number of carbonyl (C=O) groups is 1. The summed E-state index contributed by atoms with van der Waals surface area (Å²) in [6.45, 7) is 14.2. The molecule has 0 radical (unpaired) electrons. The second kappa shape index (κ2) is 4.70. The van der Waals surface area contributed by atoms with Gasteiger partial charge >= 0.3 is 0 Å². The Balaban J connectivity index is 2.02. The van der Waals surface area contributed by atoms with E-state index in [-0.39, 0.29) is 28.8 Å². The van der Waals surface area contributed by atoms with Crippen LogP contribution in [0, 0.1) is 22.7 Å². The molecule has 1 heterocycles. The van der Waals surface area contributed by atoms with Crippen LogP contribution in [0.3, 0.4) is 0 Å². The summed E-state index contributed by atoms with van der Waals surface area (Å²) in [5.41, 5.74) is 5.62. The number of amides is 1. The highest BCUT2D eigenvalue weighted by molar-refractivity contribution is 5.89. The molecule has 0 bridgehead atoms. The largest absolute Gasteiger partial charge is 0.377 e. The predicted molar refractivity (Wildman–Crippen MR) is 80.2 cm³/mol. The van der Waals surface area contributed by atoms with Gasteiger partial charge in [-0.1, -0.05) is 41.5 Å². The first-order chi connectivity index (χ1) is 9.03. The van der Waals surface area contributed by atoms with Crippen molar-refractivity contribution in [1.29, 1.82) is 0 Å². The van der Waals surface area contributed by atoms with Crippen LogP contribution in [-0.4, -0.2) is 30.7 Å². The van der Waals surface area contributed by atoms with Crippen LogP contribution in [0.15, 0.2) is 0 Å². The standard InChI is InChI=1S/C16H30N2O2/c1-10(14(2,3)4)9-18-13(19)16(17)11-7-8-20-12(11)15(16,5)6/h10-12H,7-9,17H2,1-6H3,(H,18,19). The summed E-state index contributed by atoms with van der Waals surface area (Å²) in [6, 6.07) is 0. The zero-order valence-electron chi connectivity index (χ0n) is 13.7. The van der Waals surface area contributed by atoms with Crippen molar-refractivity contribution < 1.29 is 9.53 Å². The zero-order chi connectivity index (χ0) is 15.3. The summed E-state index contributed by atoms with van der Waals surface area (Å²) < 4.78 is 5.73. The average Bonchev–Trinajstić information content (AvgIpc) is 2.81. The van der Waals surface area contributed by atoms with E-state index in [1.54, 1.807) is 0 Å². The quantitative estimate of drug-likeness (QED) is 0.831. The Kier molecular flexibility index (Phi) is 3.71. The molecule has 0 aromatic heterocycles. The zero-order valence-corrected chi connectivity index (χ0v) is 13.7. The van der Waals surface area contributed by atoms with Crippen LogP contribution in [0.1, 0.15) is 48.0 Å². The summed E-state index contributed by atoms with van der Waals surface area (Å²) in [5.74, 6) is 0.571. The van der Waals surface area contributed by atoms with E-state index in [1.807, 2.05) is 13.8 Å². The molecule has 4 unspecified atom stereocenters. The third-order valence-electron chi connectivity index (χ3n) is 5.88. The Bertz CT molecular complexity index is 400. The maximum atomic E-state index is 12.6. The number of hydrogen-bond acceptors (Lipinski definition) is 3. The lowest BCUT2D eigenvalue weighted by Crippen LogP contribution is -2.80. The van der Waals surface area contributed by atoms with Crippen molar-refractivity contribution in [2.24, 2.45) is 28.4 Å². The van der Waals surface area contributed by atoms with Crippen molar-refractivity contribution in [1.82, 2.24) is 5.32 Å². The van der Waals surface area contributed by atoms with E-state index < -0.39 is 5.54 Å². The number of hydrogen-bond donors (Lipinski definition) is 2. The smallest absolute Gasteiger partial charge is 0.241 e. The van der Waals surface area contributed by atoms with E-state index in [4.69, 9.17) is 10.5 Å². The third kappa shape index (κ3) is 2.08. The van der Waals surface area contributed by atoms with Crippen LogP contribution in [0.2, 0.25) is 0 Å². The number of nitrogens with two attached hydrogens (primary N) is 1. The molecule has 1 saturated carbocycles. The van der Waals surface area contributed by atoms with Crippen LogP contribution in [0.25, 0.3) is 0 Å². The topological polar surface area (TPSA) is 64.4 Å². The summed E-state index contributed by atoms with van der Waals surface area (Å²) in [6.07, 6.45) is 1.03. The second-order valence-corrected chi connectivity index (χ2v) is 8.25. The molecule has 4 atom stereocenters. The van der Waals surface area contributed by atoms with E-state index in [2.05, 4.69) is 33.0 Å². The van der Waals surface area contributed by atoms with E-state index in [9.17, 15) is 4.79 Å². The monoisotopic (exact) mass is 282 g/mol. The molecule has 2 aliphatic rings. The van der Waals surface area contributed by atoms with Gasteiger partial charge in [-0.2, -0.15) is 0 Å². The average molecular weight is 282 g/mol. The molecule has 0 aromatic rings. The van der Waals surface area contributed by atoms with Gasteiger partial charge in [-0.3, -0.25) is 4.79 Å². The fourth-order valence-corrected chi connectivity index (χ4v) is 3.54. The van der Waals surface area contributed by atoms with Crippen molar-refractivity contribution in [2.75, 3.05) is 13.2 Å². The molecule has 2 rings (SSSR count). The summed E-state index contributed by atoms with van der Waals surface area (Å²) >= 11 is 0. The molecular formula is C16H30N2O2. The SMILES string of the molecule is CC(CNC(=O)C1(N)C2CCOC2C1(C)C)C(C)(C)C. The fourth-order valence-electron chi connectivity index (χ4n) is 3.54. The lowest BCUT2D eigenvalue weighted by Gasteiger charge is -2.60. The number of rotatable bonds is 3. The maximum absolute atomic E-state index is 12.6. The van der Waals surface area contributed by atoms with Crippen LogP contribution < -0.4 is 11.1 Å². The Labute approximate surface area is 122 Å². The van der Waals surface area contributed by atoms with Crippen LogP contribution in [-0.2, 0) is 9.53 Å². The summed E-state index contributed by atoms with van der Waals surface area (Å²) in [7, 11) is 0. The highest BCUT2D eigenvalue weighted by atomic mass is 16.5. The van der Waals surface area contributed by atoms with Gasteiger partial charge in [-0.25, -0.2) is 0 Å². The molecule has 2 fully saturated rings. The fraction of sp³-hybridized carbons (Fsp3) is 0.938. The number of fused-ring (bicyclic) bond motifs is 1. The van der Waals surface area contributed by atoms with Gasteiger partial charge in [0.05, 0.1) is 6.10 Å². The molecule has 4 nitrogen and oxygen atoms in total. The van der Waals surface area contributed by atoms with Crippen molar-refractivity contribution in [2.45, 2.75) is 59.6 Å².